The third kappa shape index (κ3) is 4.38. The van der Waals surface area contributed by atoms with E-state index in [1.807, 2.05) is 0 Å². The lowest BCUT2D eigenvalue weighted by Crippen LogP contribution is -2.18. The minimum Gasteiger partial charge on any atom is -0.469 e. The summed E-state index contributed by atoms with van der Waals surface area (Å²) in [5.74, 6) is -0.146. The van der Waals surface area contributed by atoms with Crippen molar-refractivity contribution in [2.75, 3.05) is 7.11 Å². The second kappa shape index (κ2) is 7.48. The average Bonchev–Trinajstić information content (AvgIpc) is 2.34. The van der Waals surface area contributed by atoms with Gasteiger partial charge in [-0.05, 0) is 19.3 Å². The van der Waals surface area contributed by atoms with Crippen LogP contribution in [0.1, 0.15) is 57.8 Å². The highest BCUT2D eigenvalue weighted by Gasteiger charge is 2.21. The van der Waals surface area contributed by atoms with E-state index in [-0.39, 0.29) is 11.9 Å². The molecule has 0 heterocycles. The molecule has 1 atom stereocenters. The monoisotopic (exact) mass is 224 g/mol. The van der Waals surface area contributed by atoms with Crippen molar-refractivity contribution in [3.05, 3.63) is 12.2 Å². The molecule has 1 unspecified atom stereocenters. The van der Waals surface area contributed by atoms with Crippen molar-refractivity contribution in [2.45, 2.75) is 57.8 Å². The van der Waals surface area contributed by atoms with Gasteiger partial charge in [-0.25, -0.2) is 0 Å². The van der Waals surface area contributed by atoms with Gasteiger partial charge in [0.15, 0.2) is 0 Å². The van der Waals surface area contributed by atoms with E-state index in [4.69, 9.17) is 4.74 Å². The summed E-state index contributed by atoms with van der Waals surface area (Å²) in [6.45, 7) is 4.07. The summed E-state index contributed by atoms with van der Waals surface area (Å²) in [4.78, 5) is 11.6. The summed E-state index contributed by atoms with van der Waals surface area (Å²) in [6.07, 6.45) is 10.7. The highest BCUT2D eigenvalue weighted by Crippen LogP contribution is 2.25. The number of hydrogen-bond acceptors (Lipinski definition) is 2. The van der Waals surface area contributed by atoms with Crippen LogP contribution in [0.3, 0.4) is 0 Å². The van der Waals surface area contributed by atoms with Gasteiger partial charge in [0.2, 0.25) is 0 Å². The minimum absolute atomic E-state index is 0.0527. The van der Waals surface area contributed by atoms with Crippen LogP contribution in [0.4, 0.5) is 0 Å². The highest BCUT2D eigenvalue weighted by atomic mass is 16.5. The van der Waals surface area contributed by atoms with E-state index in [2.05, 4.69) is 6.58 Å². The highest BCUT2D eigenvalue weighted by molar-refractivity contribution is 5.75. The normalized spacial score (nSPS) is 24.6. The summed E-state index contributed by atoms with van der Waals surface area (Å²) < 4.78 is 4.86. The molecule has 1 aliphatic rings. The summed E-state index contributed by atoms with van der Waals surface area (Å²) in [7, 11) is 1.47. The van der Waals surface area contributed by atoms with Crippen LogP contribution in [0.15, 0.2) is 12.2 Å². The van der Waals surface area contributed by atoms with Crippen LogP contribution in [-0.2, 0) is 9.53 Å². The van der Waals surface area contributed by atoms with Crippen LogP contribution < -0.4 is 0 Å². The molecule has 1 rings (SSSR count). The molecule has 0 aromatic heterocycles. The Morgan fingerprint density at radius 2 is 1.69 bits per heavy atom. The fourth-order valence-electron chi connectivity index (χ4n) is 2.39. The Labute approximate surface area is 99.1 Å². The lowest BCUT2D eigenvalue weighted by molar-refractivity contribution is -0.144. The first-order valence-corrected chi connectivity index (χ1v) is 6.51. The molecule has 0 aromatic carbocycles. The molecule has 2 heteroatoms. The van der Waals surface area contributed by atoms with Crippen molar-refractivity contribution < 1.29 is 9.53 Å². The van der Waals surface area contributed by atoms with Crippen molar-refractivity contribution >= 4 is 5.97 Å². The summed E-state index contributed by atoms with van der Waals surface area (Å²) in [5.41, 5.74) is 1.08. The first kappa shape index (κ1) is 13.3. The molecule has 92 valence electrons. The molecule has 0 saturated heterocycles. The third-order valence-electron chi connectivity index (χ3n) is 3.47. The van der Waals surface area contributed by atoms with Crippen LogP contribution in [0.25, 0.3) is 0 Å². The zero-order valence-electron chi connectivity index (χ0n) is 10.5. The maximum Gasteiger partial charge on any atom is 0.312 e. The second-order valence-electron chi connectivity index (χ2n) is 4.75. The maximum atomic E-state index is 11.6. The molecular weight excluding hydrogens is 200 g/mol. The Morgan fingerprint density at radius 3 is 2.31 bits per heavy atom. The Balaban J connectivity index is 2.54. The zero-order chi connectivity index (χ0) is 11.8. The average molecular weight is 224 g/mol. The maximum absolute atomic E-state index is 11.6. The smallest absolute Gasteiger partial charge is 0.312 e. The largest absolute Gasteiger partial charge is 0.469 e. The van der Waals surface area contributed by atoms with Gasteiger partial charge < -0.3 is 4.74 Å². The standard InChI is InChI=1S/C14H24O2/c1-12-10-8-6-4-3-5-7-9-11-13(12)14(15)16-2/h13H,1,3-11H2,2H3. The van der Waals surface area contributed by atoms with Crippen LogP contribution in [0.5, 0.6) is 0 Å². The Kier molecular flexibility index (Phi) is 6.20. The van der Waals surface area contributed by atoms with Crippen molar-refractivity contribution in [3.63, 3.8) is 0 Å². The van der Waals surface area contributed by atoms with Crippen molar-refractivity contribution in [1.29, 1.82) is 0 Å². The molecule has 2 nitrogen and oxygen atoms in total. The number of carbonyl (C=O) groups excluding carboxylic acids is 1. The molecule has 16 heavy (non-hydrogen) atoms. The van der Waals surface area contributed by atoms with E-state index >= 15 is 0 Å². The van der Waals surface area contributed by atoms with Crippen molar-refractivity contribution in [2.24, 2.45) is 5.92 Å². The number of esters is 1. The Morgan fingerprint density at radius 1 is 1.12 bits per heavy atom. The predicted octanol–water partition coefficient (Wildman–Crippen LogP) is 3.86. The van der Waals surface area contributed by atoms with E-state index in [9.17, 15) is 4.79 Å². The van der Waals surface area contributed by atoms with Crippen LogP contribution in [0, 0.1) is 5.92 Å². The Bertz CT molecular complexity index is 233. The van der Waals surface area contributed by atoms with E-state index < -0.39 is 0 Å². The van der Waals surface area contributed by atoms with Crippen molar-refractivity contribution in [1.82, 2.24) is 0 Å². The van der Waals surface area contributed by atoms with Crippen LogP contribution in [0.2, 0.25) is 0 Å². The van der Waals surface area contributed by atoms with Gasteiger partial charge in [0.25, 0.3) is 0 Å². The molecule has 0 aliphatic heterocycles. The van der Waals surface area contributed by atoms with Gasteiger partial charge in [-0.2, -0.15) is 0 Å². The quantitative estimate of drug-likeness (QED) is 0.499. The van der Waals surface area contributed by atoms with E-state index in [0.717, 1.165) is 24.8 Å². The first-order valence-electron chi connectivity index (χ1n) is 6.51. The molecule has 1 aliphatic carbocycles. The molecule has 1 saturated carbocycles. The summed E-state index contributed by atoms with van der Waals surface area (Å²) >= 11 is 0. The lowest BCUT2D eigenvalue weighted by Gasteiger charge is -2.16. The van der Waals surface area contributed by atoms with Gasteiger partial charge in [-0.1, -0.05) is 50.7 Å². The van der Waals surface area contributed by atoms with Crippen LogP contribution in [-0.4, -0.2) is 13.1 Å². The third-order valence-corrected chi connectivity index (χ3v) is 3.47. The fraction of sp³-hybridized carbons (Fsp3) is 0.786. The van der Waals surface area contributed by atoms with Crippen molar-refractivity contribution in [3.8, 4) is 0 Å². The molecule has 1 fully saturated rings. The molecule has 0 amide bonds. The van der Waals surface area contributed by atoms with E-state index in [0.29, 0.717) is 0 Å². The van der Waals surface area contributed by atoms with Gasteiger partial charge in [-0.3, -0.25) is 4.79 Å². The zero-order valence-corrected chi connectivity index (χ0v) is 10.5. The van der Waals surface area contributed by atoms with Gasteiger partial charge in [0, 0.05) is 0 Å². The molecule has 0 bridgehead atoms. The number of rotatable bonds is 1. The van der Waals surface area contributed by atoms with E-state index in [1.54, 1.807) is 0 Å². The van der Waals surface area contributed by atoms with E-state index in [1.165, 1.54) is 45.6 Å². The summed E-state index contributed by atoms with van der Waals surface area (Å²) in [6, 6.07) is 0. The first-order chi connectivity index (χ1) is 7.75. The van der Waals surface area contributed by atoms with Crippen LogP contribution >= 0.6 is 0 Å². The fourth-order valence-corrected chi connectivity index (χ4v) is 2.39. The van der Waals surface area contributed by atoms with Gasteiger partial charge >= 0.3 is 5.97 Å². The molecule has 0 spiro atoms. The number of ether oxygens (including phenoxy) is 1. The lowest BCUT2D eigenvalue weighted by atomic mass is 9.91. The van der Waals surface area contributed by atoms with Gasteiger partial charge in [0.1, 0.15) is 0 Å². The second-order valence-corrected chi connectivity index (χ2v) is 4.75. The minimum atomic E-state index is -0.0933. The molecular formula is C14H24O2. The SMILES string of the molecule is C=C1CCCCCCCCCC1C(=O)OC. The van der Waals surface area contributed by atoms with Gasteiger partial charge in [-0.15, -0.1) is 0 Å². The Hall–Kier alpha value is -0.790. The molecule has 0 radical (unpaired) electrons. The molecule has 0 N–H and O–H groups in total. The molecule has 0 aromatic rings. The number of hydrogen-bond donors (Lipinski definition) is 0. The predicted molar refractivity (Wildman–Crippen MR) is 66.2 cm³/mol. The number of methoxy groups -OCH3 is 1. The number of carbonyl (C=O) groups is 1. The van der Waals surface area contributed by atoms with Gasteiger partial charge in [0.05, 0.1) is 13.0 Å². The summed E-state index contributed by atoms with van der Waals surface area (Å²) in [5, 5.41) is 0. The topological polar surface area (TPSA) is 26.3 Å².